The highest BCUT2D eigenvalue weighted by molar-refractivity contribution is 14.1. The van der Waals surface area contributed by atoms with Gasteiger partial charge in [0, 0.05) is 21.7 Å². The molecule has 2 rings (SSSR count). The molecular formula is C12H9FINO3. The van der Waals surface area contributed by atoms with E-state index in [2.05, 4.69) is 0 Å². The first-order chi connectivity index (χ1) is 8.58. The lowest BCUT2D eigenvalue weighted by Gasteiger charge is -2.11. The van der Waals surface area contributed by atoms with Gasteiger partial charge >= 0.3 is 0 Å². The number of aliphatic hydroxyl groups excluding tert-OH is 1. The summed E-state index contributed by atoms with van der Waals surface area (Å²) in [6.07, 6.45) is 1.80. The summed E-state index contributed by atoms with van der Waals surface area (Å²) in [6.45, 7) is 0.0293. The van der Waals surface area contributed by atoms with Crippen LogP contribution in [0.15, 0.2) is 23.1 Å². The van der Waals surface area contributed by atoms with Gasteiger partial charge in [-0.15, -0.1) is 0 Å². The number of nitrogens with zero attached hydrogens (tertiary/aromatic N) is 1. The van der Waals surface area contributed by atoms with E-state index in [1.54, 1.807) is 22.6 Å². The number of aromatic nitrogens is 1. The van der Waals surface area contributed by atoms with Crippen LogP contribution < -0.4 is 5.43 Å². The number of hydrogen-bond acceptors (Lipinski definition) is 3. The number of aliphatic hydroxyl groups is 1. The van der Waals surface area contributed by atoms with Gasteiger partial charge in [-0.3, -0.25) is 9.59 Å². The summed E-state index contributed by atoms with van der Waals surface area (Å²) in [5.41, 5.74) is -0.0528. The molecule has 1 heterocycles. The molecule has 0 aliphatic rings. The van der Waals surface area contributed by atoms with Gasteiger partial charge in [0.2, 0.25) is 0 Å². The van der Waals surface area contributed by atoms with Crippen molar-refractivity contribution in [1.82, 2.24) is 4.57 Å². The highest BCUT2D eigenvalue weighted by atomic mass is 127. The van der Waals surface area contributed by atoms with Crippen molar-refractivity contribution in [2.24, 2.45) is 0 Å². The molecule has 0 unspecified atom stereocenters. The van der Waals surface area contributed by atoms with Crippen molar-refractivity contribution in [2.45, 2.75) is 6.54 Å². The zero-order valence-electron chi connectivity index (χ0n) is 9.19. The van der Waals surface area contributed by atoms with E-state index >= 15 is 0 Å². The second kappa shape index (κ2) is 5.15. The number of carbonyl (C=O) groups excluding carboxylic acids is 1. The van der Waals surface area contributed by atoms with E-state index in [0.29, 0.717) is 15.4 Å². The van der Waals surface area contributed by atoms with Gasteiger partial charge in [-0.1, -0.05) is 0 Å². The van der Waals surface area contributed by atoms with Crippen LogP contribution >= 0.6 is 22.6 Å². The maximum atomic E-state index is 13.5. The summed E-state index contributed by atoms with van der Waals surface area (Å²) in [5.74, 6) is -0.437. The normalized spacial score (nSPS) is 10.8. The topological polar surface area (TPSA) is 59.3 Å². The molecule has 1 aromatic carbocycles. The molecule has 0 radical (unpaired) electrons. The highest BCUT2D eigenvalue weighted by Gasteiger charge is 2.11. The number of fused-ring (bicyclic) bond motifs is 1. The van der Waals surface area contributed by atoms with Crippen molar-refractivity contribution in [3.05, 3.63) is 43.5 Å². The molecule has 0 saturated heterocycles. The first-order valence-electron chi connectivity index (χ1n) is 5.16. The van der Waals surface area contributed by atoms with Crippen LogP contribution in [0.1, 0.15) is 10.4 Å². The maximum absolute atomic E-state index is 13.5. The van der Waals surface area contributed by atoms with E-state index in [4.69, 9.17) is 5.11 Å². The predicted molar refractivity (Wildman–Crippen MR) is 73.4 cm³/mol. The first kappa shape index (κ1) is 13.2. The van der Waals surface area contributed by atoms with Gasteiger partial charge in [0.05, 0.1) is 17.7 Å². The van der Waals surface area contributed by atoms with Crippen LogP contribution in [0.25, 0.3) is 10.9 Å². The van der Waals surface area contributed by atoms with Gasteiger partial charge in [-0.05, 0) is 34.7 Å². The Hall–Kier alpha value is -1.28. The van der Waals surface area contributed by atoms with Gasteiger partial charge in [0.25, 0.3) is 0 Å². The Kier molecular flexibility index (Phi) is 3.76. The summed E-state index contributed by atoms with van der Waals surface area (Å²) >= 11 is 1.79. The van der Waals surface area contributed by atoms with Gasteiger partial charge in [-0.2, -0.15) is 0 Å². The molecular weight excluding hydrogens is 352 g/mol. The van der Waals surface area contributed by atoms with E-state index in [9.17, 15) is 14.0 Å². The summed E-state index contributed by atoms with van der Waals surface area (Å²) in [4.78, 5) is 22.8. The first-order valence-corrected chi connectivity index (χ1v) is 6.24. The zero-order chi connectivity index (χ0) is 13.3. The third kappa shape index (κ3) is 2.17. The quantitative estimate of drug-likeness (QED) is 0.667. The minimum Gasteiger partial charge on any atom is -0.395 e. The second-order valence-electron chi connectivity index (χ2n) is 3.73. The molecule has 0 aliphatic carbocycles. The van der Waals surface area contributed by atoms with Crippen LogP contribution in [0, 0.1) is 9.39 Å². The molecule has 18 heavy (non-hydrogen) atoms. The SMILES string of the molecule is O=Cc1cn(CCO)c2cc(F)c(I)cc2c1=O. The summed E-state index contributed by atoms with van der Waals surface area (Å²) in [7, 11) is 0. The van der Waals surface area contributed by atoms with Crippen molar-refractivity contribution < 1.29 is 14.3 Å². The lowest BCUT2D eigenvalue weighted by molar-refractivity contribution is 0.112. The lowest BCUT2D eigenvalue weighted by Crippen LogP contribution is -2.16. The molecule has 1 N–H and O–H groups in total. The summed E-state index contributed by atoms with van der Waals surface area (Å²) in [5, 5.41) is 9.23. The number of carbonyl (C=O) groups is 1. The Morgan fingerprint density at radius 3 is 2.78 bits per heavy atom. The van der Waals surface area contributed by atoms with Crippen molar-refractivity contribution in [1.29, 1.82) is 0 Å². The lowest BCUT2D eigenvalue weighted by atomic mass is 10.1. The molecule has 0 saturated carbocycles. The number of aldehydes is 1. The van der Waals surface area contributed by atoms with E-state index < -0.39 is 11.2 Å². The Morgan fingerprint density at radius 2 is 2.17 bits per heavy atom. The number of pyridine rings is 1. The Morgan fingerprint density at radius 1 is 1.44 bits per heavy atom. The molecule has 0 fully saturated rings. The smallest absolute Gasteiger partial charge is 0.199 e. The number of rotatable bonds is 3. The average molecular weight is 361 g/mol. The molecule has 94 valence electrons. The standard InChI is InChI=1S/C12H9FINO3/c13-9-4-11-8(3-10(9)14)12(18)7(6-17)5-15(11)1-2-16/h3-6,16H,1-2H2. The third-order valence-electron chi connectivity index (χ3n) is 2.62. The highest BCUT2D eigenvalue weighted by Crippen LogP contribution is 2.19. The van der Waals surface area contributed by atoms with E-state index in [-0.39, 0.29) is 24.1 Å². The fraction of sp³-hybridized carbons (Fsp3) is 0.167. The van der Waals surface area contributed by atoms with Crippen molar-refractivity contribution >= 4 is 39.8 Å². The molecule has 0 bridgehead atoms. The average Bonchev–Trinajstić information content (AvgIpc) is 2.35. The van der Waals surface area contributed by atoms with Crippen LogP contribution in [-0.4, -0.2) is 22.6 Å². The predicted octanol–water partition coefficient (Wildman–Crippen LogP) is 1.55. The molecule has 2 aromatic rings. The van der Waals surface area contributed by atoms with Gasteiger partial charge < -0.3 is 9.67 Å². The molecule has 4 nitrogen and oxygen atoms in total. The van der Waals surface area contributed by atoms with Crippen molar-refractivity contribution in [3.63, 3.8) is 0 Å². The second-order valence-corrected chi connectivity index (χ2v) is 4.89. The molecule has 6 heteroatoms. The van der Waals surface area contributed by atoms with Crippen LogP contribution in [0.2, 0.25) is 0 Å². The van der Waals surface area contributed by atoms with Gasteiger partial charge in [0.1, 0.15) is 5.82 Å². The molecule has 0 amide bonds. The van der Waals surface area contributed by atoms with E-state index in [1.807, 2.05) is 0 Å². The fourth-order valence-electron chi connectivity index (χ4n) is 1.78. The van der Waals surface area contributed by atoms with Crippen LogP contribution in [0.5, 0.6) is 0 Å². The summed E-state index contributed by atoms with van der Waals surface area (Å²) in [6, 6.07) is 2.65. The Bertz CT molecular complexity index is 681. The van der Waals surface area contributed by atoms with Crippen molar-refractivity contribution in [2.75, 3.05) is 6.61 Å². The van der Waals surface area contributed by atoms with E-state index in [1.165, 1.54) is 22.9 Å². The molecule has 0 aliphatic heterocycles. The molecule has 1 aromatic heterocycles. The number of benzene rings is 1. The number of halogens is 2. The Labute approximate surface area is 115 Å². The van der Waals surface area contributed by atoms with Crippen LogP contribution in [-0.2, 0) is 6.54 Å². The minimum absolute atomic E-state index is 0.00152. The van der Waals surface area contributed by atoms with Gasteiger partial charge in [-0.25, -0.2) is 4.39 Å². The fourth-order valence-corrected chi connectivity index (χ4v) is 2.25. The maximum Gasteiger partial charge on any atom is 0.199 e. The van der Waals surface area contributed by atoms with Crippen molar-refractivity contribution in [3.8, 4) is 0 Å². The monoisotopic (exact) mass is 361 g/mol. The minimum atomic E-state index is -0.437. The zero-order valence-corrected chi connectivity index (χ0v) is 11.3. The largest absolute Gasteiger partial charge is 0.395 e. The third-order valence-corrected chi connectivity index (χ3v) is 3.44. The number of hydrogen-bond donors (Lipinski definition) is 1. The van der Waals surface area contributed by atoms with Crippen LogP contribution in [0.3, 0.4) is 0 Å². The van der Waals surface area contributed by atoms with Crippen LogP contribution in [0.4, 0.5) is 4.39 Å². The van der Waals surface area contributed by atoms with E-state index in [0.717, 1.165) is 0 Å². The molecule has 0 atom stereocenters. The molecule has 0 spiro atoms. The summed E-state index contributed by atoms with van der Waals surface area (Å²) < 4.78 is 15.3. The Balaban J connectivity index is 2.91. The van der Waals surface area contributed by atoms with Gasteiger partial charge in [0.15, 0.2) is 11.7 Å².